The van der Waals surface area contributed by atoms with Crippen LogP contribution in [0.1, 0.15) is 42.3 Å². The normalized spacial score (nSPS) is 16.8. The number of nitrogens with one attached hydrogen (secondary N) is 1. The molecule has 0 amide bonds. The lowest BCUT2D eigenvalue weighted by atomic mass is 10.1. The predicted octanol–water partition coefficient (Wildman–Crippen LogP) is 3.19. The van der Waals surface area contributed by atoms with Gasteiger partial charge in [-0.25, -0.2) is 4.68 Å². The van der Waals surface area contributed by atoms with Crippen LogP contribution in [0.3, 0.4) is 0 Å². The zero-order valence-electron chi connectivity index (χ0n) is 20.9. The van der Waals surface area contributed by atoms with Gasteiger partial charge < -0.3 is 19.2 Å². The van der Waals surface area contributed by atoms with Gasteiger partial charge in [-0.3, -0.25) is 9.69 Å². The lowest BCUT2D eigenvalue weighted by Gasteiger charge is -2.22. The van der Waals surface area contributed by atoms with Gasteiger partial charge in [-0.1, -0.05) is 19.1 Å². The SMILES string of the molecule is CCc1ccc2[nH]c(=O)c(CN(Cc3ccc4c(c3)OCO4)Cc3nnnn3C[C@H]3CCCO3)cc2c1. The van der Waals surface area contributed by atoms with Crippen LogP contribution in [0.25, 0.3) is 10.9 Å². The van der Waals surface area contributed by atoms with E-state index in [4.69, 9.17) is 14.2 Å². The Bertz CT molecular complexity index is 1460. The third-order valence-corrected chi connectivity index (χ3v) is 7.00. The van der Waals surface area contributed by atoms with Crippen LogP contribution < -0.4 is 15.0 Å². The monoisotopic (exact) mass is 502 g/mol. The first-order chi connectivity index (χ1) is 18.1. The van der Waals surface area contributed by atoms with Crippen molar-refractivity contribution in [3.05, 3.63) is 75.3 Å². The van der Waals surface area contributed by atoms with E-state index < -0.39 is 0 Å². The molecule has 4 heterocycles. The van der Waals surface area contributed by atoms with Gasteiger partial charge in [0.15, 0.2) is 17.3 Å². The van der Waals surface area contributed by atoms with Crippen LogP contribution in [0, 0.1) is 0 Å². The van der Waals surface area contributed by atoms with Gasteiger partial charge in [0.05, 0.1) is 19.2 Å². The summed E-state index contributed by atoms with van der Waals surface area (Å²) < 4.78 is 18.7. The summed E-state index contributed by atoms with van der Waals surface area (Å²) in [5, 5.41) is 13.5. The molecule has 0 bridgehead atoms. The predicted molar refractivity (Wildman–Crippen MR) is 136 cm³/mol. The molecule has 1 fully saturated rings. The van der Waals surface area contributed by atoms with Gasteiger partial charge in [0.2, 0.25) is 6.79 Å². The number of nitrogens with zero attached hydrogens (tertiary/aromatic N) is 5. The van der Waals surface area contributed by atoms with Gasteiger partial charge in [-0.15, -0.1) is 5.10 Å². The number of ether oxygens (including phenoxy) is 3. The molecular formula is C27H30N6O4. The Morgan fingerprint density at radius 3 is 2.81 bits per heavy atom. The minimum Gasteiger partial charge on any atom is -0.454 e. The third-order valence-electron chi connectivity index (χ3n) is 7.00. The van der Waals surface area contributed by atoms with Gasteiger partial charge in [-0.2, -0.15) is 0 Å². The number of fused-ring (bicyclic) bond motifs is 2. The van der Waals surface area contributed by atoms with E-state index in [1.165, 1.54) is 5.56 Å². The molecular weight excluding hydrogens is 472 g/mol. The second kappa shape index (κ2) is 10.3. The fourth-order valence-electron chi connectivity index (χ4n) is 5.00. The standard InChI is InChI=1S/C27H30N6O4/c1-2-18-5-7-23-20(10-18)12-21(27(34)28-23)14-32(13-19-6-8-24-25(11-19)37-17-36-24)16-26-29-30-31-33(26)15-22-4-3-9-35-22/h5-8,10-12,22H,2-4,9,13-17H2,1H3,(H,28,34)/t22-/m1/s1. The first-order valence-electron chi connectivity index (χ1n) is 12.8. The summed E-state index contributed by atoms with van der Waals surface area (Å²) in [5.41, 5.74) is 3.73. The summed E-state index contributed by atoms with van der Waals surface area (Å²) in [7, 11) is 0. The number of aromatic amines is 1. The topological polar surface area (TPSA) is 107 Å². The Hall–Kier alpha value is -3.76. The largest absolute Gasteiger partial charge is 0.454 e. The smallest absolute Gasteiger partial charge is 0.252 e. The summed E-state index contributed by atoms with van der Waals surface area (Å²) in [6.07, 6.45) is 3.13. The van der Waals surface area contributed by atoms with Crippen molar-refractivity contribution in [1.29, 1.82) is 0 Å². The average Bonchev–Trinajstić information content (AvgIpc) is 3.67. The quantitative estimate of drug-likeness (QED) is 0.372. The van der Waals surface area contributed by atoms with E-state index in [1.54, 1.807) is 0 Å². The number of pyridine rings is 1. The first kappa shape index (κ1) is 23.6. The molecule has 6 rings (SSSR count). The van der Waals surface area contributed by atoms with E-state index >= 15 is 0 Å². The van der Waals surface area contributed by atoms with Crippen molar-refractivity contribution in [3.8, 4) is 11.5 Å². The van der Waals surface area contributed by atoms with Crippen LogP contribution in [-0.4, -0.2) is 49.6 Å². The summed E-state index contributed by atoms with van der Waals surface area (Å²) in [6, 6.07) is 14.1. The van der Waals surface area contributed by atoms with Crippen LogP contribution in [0.2, 0.25) is 0 Å². The number of hydrogen-bond donors (Lipinski definition) is 1. The highest BCUT2D eigenvalue weighted by Crippen LogP contribution is 2.33. The number of tetrazole rings is 1. The summed E-state index contributed by atoms with van der Waals surface area (Å²) >= 11 is 0. The van der Waals surface area contributed by atoms with Gasteiger partial charge in [0, 0.05) is 30.8 Å². The molecule has 0 spiro atoms. The number of aryl methyl sites for hydroxylation is 1. The molecule has 0 unspecified atom stereocenters. The zero-order valence-corrected chi connectivity index (χ0v) is 20.9. The number of aromatic nitrogens is 5. The molecule has 2 aromatic carbocycles. The number of hydrogen-bond acceptors (Lipinski definition) is 8. The van der Waals surface area contributed by atoms with Gasteiger partial charge in [0.1, 0.15) is 0 Å². The van der Waals surface area contributed by atoms with Crippen LogP contribution >= 0.6 is 0 Å². The maximum Gasteiger partial charge on any atom is 0.252 e. The van der Waals surface area contributed by atoms with E-state index in [-0.39, 0.29) is 18.5 Å². The molecule has 0 radical (unpaired) electrons. The van der Waals surface area contributed by atoms with E-state index in [1.807, 2.05) is 35.0 Å². The van der Waals surface area contributed by atoms with Crippen molar-refractivity contribution in [2.45, 2.75) is 58.5 Å². The summed E-state index contributed by atoms with van der Waals surface area (Å²) in [5.74, 6) is 2.21. The Kier molecular flexibility index (Phi) is 6.58. The van der Waals surface area contributed by atoms with Gasteiger partial charge in [-0.05, 0) is 76.5 Å². The highest BCUT2D eigenvalue weighted by Gasteiger charge is 2.21. The zero-order chi connectivity index (χ0) is 25.2. The van der Waals surface area contributed by atoms with E-state index in [9.17, 15) is 4.79 Å². The van der Waals surface area contributed by atoms with Crippen molar-refractivity contribution in [2.24, 2.45) is 0 Å². The minimum absolute atomic E-state index is 0.0913. The molecule has 0 saturated carbocycles. The molecule has 2 aromatic heterocycles. The Balaban J connectivity index is 1.29. The molecule has 2 aliphatic heterocycles. The van der Waals surface area contributed by atoms with Crippen molar-refractivity contribution >= 4 is 10.9 Å². The Labute approximate surface area is 214 Å². The van der Waals surface area contributed by atoms with E-state index in [0.717, 1.165) is 59.7 Å². The molecule has 1 atom stereocenters. The third kappa shape index (κ3) is 5.21. The fourth-order valence-corrected chi connectivity index (χ4v) is 5.00. The highest BCUT2D eigenvalue weighted by atomic mass is 16.7. The molecule has 10 nitrogen and oxygen atoms in total. The highest BCUT2D eigenvalue weighted by molar-refractivity contribution is 5.79. The van der Waals surface area contributed by atoms with Crippen LogP contribution in [0.5, 0.6) is 11.5 Å². The molecule has 2 aliphatic rings. The van der Waals surface area contributed by atoms with Crippen molar-refractivity contribution in [2.75, 3.05) is 13.4 Å². The van der Waals surface area contributed by atoms with Crippen LogP contribution in [-0.2, 0) is 37.3 Å². The second-order valence-electron chi connectivity index (χ2n) is 9.64. The molecule has 1 N–H and O–H groups in total. The number of benzene rings is 2. The second-order valence-corrected chi connectivity index (χ2v) is 9.64. The Morgan fingerprint density at radius 2 is 1.95 bits per heavy atom. The van der Waals surface area contributed by atoms with Gasteiger partial charge >= 0.3 is 0 Å². The summed E-state index contributed by atoms with van der Waals surface area (Å²) in [6.45, 7) is 5.24. The fraction of sp³-hybridized carbons (Fsp3) is 0.407. The molecule has 1 saturated heterocycles. The maximum absolute atomic E-state index is 13.0. The van der Waals surface area contributed by atoms with Crippen LogP contribution in [0.15, 0.2) is 47.3 Å². The lowest BCUT2D eigenvalue weighted by molar-refractivity contribution is 0.0914. The first-order valence-corrected chi connectivity index (χ1v) is 12.8. The average molecular weight is 503 g/mol. The van der Waals surface area contributed by atoms with Gasteiger partial charge in [0.25, 0.3) is 5.56 Å². The van der Waals surface area contributed by atoms with E-state index in [2.05, 4.69) is 44.5 Å². The molecule has 37 heavy (non-hydrogen) atoms. The van der Waals surface area contributed by atoms with Crippen molar-refractivity contribution in [1.82, 2.24) is 30.1 Å². The number of rotatable bonds is 9. The number of H-pyrrole nitrogens is 1. The lowest BCUT2D eigenvalue weighted by Crippen LogP contribution is -2.29. The molecule has 10 heteroatoms. The molecule has 192 valence electrons. The minimum atomic E-state index is -0.0913. The molecule has 0 aliphatic carbocycles. The van der Waals surface area contributed by atoms with Crippen molar-refractivity contribution in [3.63, 3.8) is 0 Å². The van der Waals surface area contributed by atoms with Crippen molar-refractivity contribution < 1.29 is 14.2 Å². The van der Waals surface area contributed by atoms with E-state index in [0.29, 0.717) is 31.7 Å². The molecule has 4 aromatic rings. The van der Waals surface area contributed by atoms with Crippen LogP contribution in [0.4, 0.5) is 0 Å². The Morgan fingerprint density at radius 1 is 1.05 bits per heavy atom. The maximum atomic E-state index is 13.0. The summed E-state index contributed by atoms with van der Waals surface area (Å²) in [4.78, 5) is 18.3.